The van der Waals surface area contributed by atoms with Gasteiger partial charge in [-0.2, -0.15) is 0 Å². The van der Waals surface area contributed by atoms with Crippen molar-refractivity contribution in [2.24, 2.45) is 0 Å². The Bertz CT molecular complexity index is 903. The Morgan fingerprint density at radius 1 is 0.407 bits per heavy atom. The van der Waals surface area contributed by atoms with E-state index in [0.29, 0.717) is 0 Å². The van der Waals surface area contributed by atoms with E-state index >= 15 is 0 Å². The third-order valence-electron chi connectivity index (χ3n) is 4.88. The summed E-state index contributed by atoms with van der Waals surface area (Å²) in [7, 11) is 0. The molecule has 0 atom stereocenters. The summed E-state index contributed by atoms with van der Waals surface area (Å²) >= 11 is 3.53. The van der Waals surface area contributed by atoms with Gasteiger partial charge in [0.15, 0.2) is 0 Å². The quantitative estimate of drug-likeness (QED) is 0.319. The lowest BCUT2D eigenvalue weighted by Gasteiger charge is -2.12. The molecule has 0 aliphatic rings. The van der Waals surface area contributed by atoms with Gasteiger partial charge in [0.05, 0.1) is 0 Å². The average molecular weight is 413 g/mol. The van der Waals surface area contributed by atoms with Gasteiger partial charge in [0, 0.05) is 4.47 Å². The third kappa shape index (κ3) is 4.04. The van der Waals surface area contributed by atoms with Crippen LogP contribution in [0.15, 0.2) is 95.5 Å². The Kier molecular flexibility index (Phi) is 4.96. The maximum atomic E-state index is 3.53. The highest BCUT2D eigenvalue weighted by atomic mass is 79.9. The predicted molar refractivity (Wildman–Crippen MR) is 120 cm³/mol. The first-order valence-electron chi connectivity index (χ1n) is 9.14. The molecule has 0 fully saturated rings. The Morgan fingerprint density at radius 2 is 0.704 bits per heavy atom. The predicted octanol–water partition coefficient (Wildman–Crippen LogP) is 8.07. The average Bonchev–Trinajstić information content (AvgIpc) is 2.69. The van der Waals surface area contributed by atoms with Crippen molar-refractivity contribution in [3.05, 3.63) is 107 Å². The van der Waals surface area contributed by atoms with E-state index < -0.39 is 0 Å². The molecule has 0 N–H and O–H groups in total. The molecule has 0 aliphatic heterocycles. The van der Waals surface area contributed by atoms with E-state index in [1.807, 2.05) is 0 Å². The highest BCUT2D eigenvalue weighted by molar-refractivity contribution is 9.10. The monoisotopic (exact) mass is 412 g/mol. The maximum Gasteiger partial charge on any atom is 0.0175 e. The summed E-state index contributed by atoms with van der Waals surface area (Å²) in [5.41, 5.74) is 9.98. The number of halogens is 1. The topological polar surface area (TPSA) is 0 Å². The SMILES string of the molecule is Cc1ccc(-c2cc(-c3ccc(C)cc3)cc(-c3ccc(Br)cc3)c2)cc1. The second kappa shape index (κ2) is 7.54. The van der Waals surface area contributed by atoms with Crippen molar-refractivity contribution in [1.82, 2.24) is 0 Å². The van der Waals surface area contributed by atoms with Crippen molar-refractivity contribution >= 4 is 15.9 Å². The molecular weight excluding hydrogens is 392 g/mol. The van der Waals surface area contributed by atoms with Crippen LogP contribution in [-0.2, 0) is 0 Å². The van der Waals surface area contributed by atoms with Gasteiger partial charge < -0.3 is 0 Å². The molecule has 4 aromatic rings. The Balaban J connectivity index is 1.89. The molecule has 0 saturated carbocycles. The van der Waals surface area contributed by atoms with Crippen LogP contribution in [0.4, 0.5) is 0 Å². The summed E-state index contributed by atoms with van der Waals surface area (Å²) in [6, 6.07) is 32.9. The lowest BCUT2D eigenvalue weighted by Crippen LogP contribution is -1.86. The molecule has 1 heteroatoms. The largest absolute Gasteiger partial charge is 0.0587 e. The Hall–Kier alpha value is -2.64. The van der Waals surface area contributed by atoms with Crippen molar-refractivity contribution in [3.63, 3.8) is 0 Å². The summed E-state index contributed by atoms with van der Waals surface area (Å²) in [5.74, 6) is 0. The fourth-order valence-corrected chi connectivity index (χ4v) is 3.53. The molecule has 27 heavy (non-hydrogen) atoms. The number of hydrogen-bond acceptors (Lipinski definition) is 0. The molecule has 0 aromatic heterocycles. The zero-order chi connectivity index (χ0) is 18.8. The zero-order valence-electron chi connectivity index (χ0n) is 15.5. The standard InChI is InChI=1S/C26H21Br/c1-18-3-7-20(8-4-18)23-15-24(21-9-5-19(2)6-10-21)17-25(16-23)22-11-13-26(27)14-12-22/h3-17H,1-2H3. The van der Waals surface area contributed by atoms with Gasteiger partial charge in [0.2, 0.25) is 0 Å². The molecule has 132 valence electrons. The minimum absolute atomic E-state index is 1.10. The van der Waals surface area contributed by atoms with Gasteiger partial charge in [-0.15, -0.1) is 0 Å². The summed E-state index contributed by atoms with van der Waals surface area (Å²) in [6.45, 7) is 4.25. The van der Waals surface area contributed by atoms with Crippen molar-refractivity contribution in [3.8, 4) is 33.4 Å². The number of benzene rings is 4. The summed E-state index contributed by atoms with van der Waals surface area (Å²) in [5, 5.41) is 0. The van der Waals surface area contributed by atoms with Gasteiger partial charge >= 0.3 is 0 Å². The van der Waals surface area contributed by atoms with Crippen molar-refractivity contribution < 1.29 is 0 Å². The molecule has 0 saturated heterocycles. The van der Waals surface area contributed by atoms with Crippen LogP contribution in [0.5, 0.6) is 0 Å². The van der Waals surface area contributed by atoms with Crippen LogP contribution in [0.1, 0.15) is 11.1 Å². The van der Waals surface area contributed by atoms with Crippen LogP contribution in [0, 0.1) is 13.8 Å². The molecule has 0 unspecified atom stereocenters. The van der Waals surface area contributed by atoms with E-state index in [-0.39, 0.29) is 0 Å². The lowest BCUT2D eigenvalue weighted by molar-refractivity contribution is 1.46. The normalized spacial score (nSPS) is 10.8. The molecule has 0 radical (unpaired) electrons. The van der Waals surface area contributed by atoms with Gasteiger partial charge in [-0.05, 0) is 77.6 Å². The minimum Gasteiger partial charge on any atom is -0.0587 e. The molecule has 0 aliphatic carbocycles. The number of aryl methyl sites for hydroxylation is 2. The highest BCUT2D eigenvalue weighted by Crippen LogP contribution is 2.33. The Morgan fingerprint density at radius 3 is 1.04 bits per heavy atom. The summed E-state index contributed by atoms with van der Waals surface area (Å²) in [4.78, 5) is 0. The molecule has 4 aromatic carbocycles. The van der Waals surface area contributed by atoms with Gasteiger partial charge in [-0.3, -0.25) is 0 Å². The molecule has 0 spiro atoms. The van der Waals surface area contributed by atoms with E-state index in [1.54, 1.807) is 0 Å². The third-order valence-corrected chi connectivity index (χ3v) is 5.41. The van der Waals surface area contributed by atoms with Gasteiger partial charge in [0.1, 0.15) is 0 Å². The van der Waals surface area contributed by atoms with Crippen LogP contribution in [-0.4, -0.2) is 0 Å². The fraction of sp³-hybridized carbons (Fsp3) is 0.0769. The van der Waals surface area contributed by atoms with E-state index in [9.17, 15) is 0 Å². The molecular formula is C26H21Br. The second-order valence-electron chi connectivity index (χ2n) is 7.04. The van der Waals surface area contributed by atoms with Crippen molar-refractivity contribution in [2.45, 2.75) is 13.8 Å². The summed E-state index contributed by atoms with van der Waals surface area (Å²) < 4.78 is 1.10. The van der Waals surface area contributed by atoms with E-state index in [0.717, 1.165) is 4.47 Å². The smallest absolute Gasteiger partial charge is 0.0175 e. The van der Waals surface area contributed by atoms with Crippen molar-refractivity contribution in [2.75, 3.05) is 0 Å². The first-order valence-corrected chi connectivity index (χ1v) is 9.93. The van der Waals surface area contributed by atoms with Crippen LogP contribution in [0.2, 0.25) is 0 Å². The Labute approximate surface area is 169 Å². The fourth-order valence-electron chi connectivity index (χ4n) is 3.26. The van der Waals surface area contributed by atoms with E-state index in [2.05, 4.69) is 121 Å². The van der Waals surface area contributed by atoms with Crippen LogP contribution in [0.25, 0.3) is 33.4 Å². The van der Waals surface area contributed by atoms with Gasteiger partial charge in [-0.25, -0.2) is 0 Å². The molecule has 4 rings (SSSR count). The highest BCUT2D eigenvalue weighted by Gasteiger charge is 2.07. The number of rotatable bonds is 3. The maximum absolute atomic E-state index is 3.53. The second-order valence-corrected chi connectivity index (χ2v) is 7.95. The zero-order valence-corrected chi connectivity index (χ0v) is 17.1. The summed E-state index contributed by atoms with van der Waals surface area (Å²) in [6.07, 6.45) is 0. The minimum atomic E-state index is 1.10. The lowest BCUT2D eigenvalue weighted by atomic mass is 9.93. The first-order chi connectivity index (χ1) is 13.1. The molecule has 0 heterocycles. The van der Waals surface area contributed by atoms with Crippen LogP contribution in [0.3, 0.4) is 0 Å². The first kappa shape index (κ1) is 17.8. The van der Waals surface area contributed by atoms with Gasteiger partial charge in [-0.1, -0.05) is 87.7 Å². The van der Waals surface area contributed by atoms with Crippen molar-refractivity contribution in [1.29, 1.82) is 0 Å². The van der Waals surface area contributed by atoms with E-state index in [1.165, 1.54) is 44.5 Å². The van der Waals surface area contributed by atoms with Crippen LogP contribution < -0.4 is 0 Å². The van der Waals surface area contributed by atoms with Gasteiger partial charge in [0.25, 0.3) is 0 Å². The van der Waals surface area contributed by atoms with E-state index in [4.69, 9.17) is 0 Å². The van der Waals surface area contributed by atoms with Crippen LogP contribution >= 0.6 is 15.9 Å². The molecule has 0 amide bonds. The number of hydrogen-bond donors (Lipinski definition) is 0. The molecule has 0 nitrogen and oxygen atoms in total. The molecule has 0 bridgehead atoms.